The summed E-state index contributed by atoms with van der Waals surface area (Å²) in [4.78, 5) is 45.1. The average Bonchev–Trinajstić information content (AvgIpc) is 2.88. The van der Waals surface area contributed by atoms with Crippen molar-refractivity contribution >= 4 is 29.5 Å². The molecule has 0 unspecified atom stereocenters. The minimum atomic E-state index is -0.740. The number of methoxy groups -OCH3 is 1. The van der Waals surface area contributed by atoms with Crippen molar-refractivity contribution < 1.29 is 33.6 Å². The van der Waals surface area contributed by atoms with E-state index in [2.05, 4.69) is 10.5 Å². The highest BCUT2D eigenvalue weighted by Gasteiger charge is 2.17. The van der Waals surface area contributed by atoms with Crippen LogP contribution in [0.3, 0.4) is 0 Å². The van der Waals surface area contributed by atoms with Crippen LogP contribution in [0.15, 0.2) is 65.8 Å². The number of rotatable bonds is 10. The summed E-state index contributed by atoms with van der Waals surface area (Å²) >= 11 is 0. The van der Waals surface area contributed by atoms with Crippen LogP contribution in [0, 0.1) is 27.2 Å². The zero-order valence-electron chi connectivity index (χ0n) is 19.6. The Hall–Kier alpha value is -5.33. The van der Waals surface area contributed by atoms with Crippen LogP contribution in [0.5, 0.6) is 17.2 Å². The van der Waals surface area contributed by atoms with Gasteiger partial charge in [0.2, 0.25) is 0 Å². The molecule has 37 heavy (non-hydrogen) atoms. The lowest BCUT2D eigenvalue weighted by atomic mass is 10.2. The number of hydrogen-bond acceptors (Lipinski definition) is 10. The minimum absolute atomic E-state index is 0.0432. The molecule has 0 bridgehead atoms. The van der Waals surface area contributed by atoms with Crippen LogP contribution < -0.4 is 19.6 Å². The molecule has 3 rings (SSSR count). The van der Waals surface area contributed by atoms with Gasteiger partial charge in [-0.3, -0.25) is 25.0 Å². The number of nitrogens with one attached hydrogen (secondary N) is 1. The minimum Gasteiger partial charge on any atom is -0.493 e. The third kappa shape index (κ3) is 7.08. The number of nitrogens with zero attached hydrogens (tertiary/aromatic N) is 3. The number of benzene rings is 3. The van der Waals surface area contributed by atoms with Gasteiger partial charge in [-0.05, 0) is 54.4 Å². The van der Waals surface area contributed by atoms with E-state index in [1.165, 1.54) is 61.9 Å². The van der Waals surface area contributed by atoms with Crippen molar-refractivity contribution in [2.45, 2.75) is 6.92 Å². The second-order valence-electron chi connectivity index (χ2n) is 7.41. The molecule has 1 amide bonds. The fourth-order valence-electron chi connectivity index (χ4n) is 2.97. The summed E-state index contributed by atoms with van der Waals surface area (Å²) in [6, 6.07) is 13.8. The lowest BCUT2D eigenvalue weighted by molar-refractivity contribution is -0.385. The quantitative estimate of drug-likeness (QED) is 0.141. The van der Waals surface area contributed by atoms with Gasteiger partial charge in [0.25, 0.3) is 11.6 Å². The second kappa shape index (κ2) is 11.9. The molecule has 0 fully saturated rings. The number of carbonyl (C=O) groups is 2. The molecule has 1 N–H and O–H groups in total. The number of aryl methyl sites for hydroxylation is 1. The topological polar surface area (TPSA) is 172 Å². The predicted octanol–water partition coefficient (Wildman–Crippen LogP) is 3.57. The van der Waals surface area contributed by atoms with E-state index in [4.69, 9.17) is 14.2 Å². The number of esters is 1. The Morgan fingerprint density at radius 2 is 1.65 bits per heavy atom. The van der Waals surface area contributed by atoms with Gasteiger partial charge in [-0.25, -0.2) is 10.2 Å². The molecule has 0 atom stereocenters. The maximum Gasteiger partial charge on any atom is 0.343 e. The van der Waals surface area contributed by atoms with E-state index in [1.807, 2.05) is 0 Å². The summed E-state index contributed by atoms with van der Waals surface area (Å²) < 4.78 is 15.8. The number of ether oxygens (including phenoxy) is 3. The fourth-order valence-corrected chi connectivity index (χ4v) is 2.97. The second-order valence-corrected chi connectivity index (χ2v) is 7.41. The SMILES string of the molecule is COc1cc(C=NNC(=O)COc2ccc(C)cc2[N+](=O)[O-])ccc1OC(=O)c1ccc([N+](=O)[O-])cc1. The molecular weight excluding hydrogens is 488 g/mol. The average molecular weight is 508 g/mol. The van der Waals surface area contributed by atoms with Gasteiger partial charge in [0.05, 0.1) is 28.7 Å². The van der Waals surface area contributed by atoms with Crippen molar-refractivity contribution in [2.75, 3.05) is 13.7 Å². The van der Waals surface area contributed by atoms with Crippen LogP contribution in [0.25, 0.3) is 0 Å². The molecular formula is C24H20N4O9. The summed E-state index contributed by atoms with van der Waals surface area (Å²) in [5, 5.41) is 25.7. The first kappa shape index (κ1) is 26.3. The summed E-state index contributed by atoms with van der Waals surface area (Å²) in [6.07, 6.45) is 1.30. The molecule has 3 aromatic rings. The first-order valence-electron chi connectivity index (χ1n) is 10.5. The number of nitro benzene ring substituents is 2. The molecule has 13 nitrogen and oxygen atoms in total. The van der Waals surface area contributed by atoms with Crippen molar-refractivity contribution in [3.8, 4) is 17.2 Å². The lowest BCUT2D eigenvalue weighted by Crippen LogP contribution is -2.24. The van der Waals surface area contributed by atoms with E-state index in [0.717, 1.165) is 0 Å². The van der Waals surface area contributed by atoms with Gasteiger partial charge in [-0.15, -0.1) is 0 Å². The molecule has 0 aliphatic heterocycles. The molecule has 0 aliphatic carbocycles. The molecule has 190 valence electrons. The number of hydrogen-bond donors (Lipinski definition) is 1. The molecule has 0 saturated carbocycles. The number of nitro groups is 2. The fraction of sp³-hybridized carbons (Fsp3) is 0.125. The highest BCUT2D eigenvalue weighted by atomic mass is 16.6. The van der Waals surface area contributed by atoms with Gasteiger partial charge in [-0.2, -0.15) is 5.10 Å². The highest BCUT2D eigenvalue weighted by molar-refractivity contribution is 5.92. The van der Waals surface area contributed by atoms with Gasteiger partial charge in [0.1, 0.15) is 0 Å². The highest BCUT2D eigenvalue weighted by Crippen LogP contribution is 2.29. The normalized spacial score (nSPS) is 10.5. The smallest absolute Gasteiger partial charge is 0.343 e. The summed E-state index contributed by atoms with van der Waals surface area (Å²) in [5.74, 6) is -1.14. The Balaban J connectivity index is 1.58. The lowest BCUT2D eigenvalue weighted by Gasteiger charge is -2.10. The number of hydrazone groups is 1. The largest absolute Gasteiger partial charge is 0.493 e. The van der Waals surface area contributed by atoms with E-state index in [1.54, 1.807) is 19.1 Å². The van der Waals surface area contributed by atoms with Gasteiger partial charge >= 0.3 is 11.7 Å². The van der Waals surface area contributed by atoms with Crippen LogP contribution in [0.4, 0.5) is 11.4 Å². The van der Waals surface area contributed by atoms with E-state index >= 15 is 0 Å². The van der Waals surface area contributed by atoms with Crippen LogP contribution in [-0.2, 0) is 4.79 Å². The Labute approximate surface area is 209 Å². The van der Waals surface area contributed by atoms with Crippen LogP contribution in [-0.4, -0.2) is 41.7 Å². The van der Waals surface area contributed by atoms with Crippen molar-refractivity contribution in [3.63, 3.8) is 0 Å². The van der Waals surface area contributed by atoms with Gasteiger partial charge in [0, 0.05) is 18.2 Å². The van der Waals surface area contributed by atoms with Gasteiger partial charge in [-0.1, -0.05) is 6.07 Å². The van der Waals surface area contributed by atoms with E-state index in [9.17, 15) is 29.8 Å². The number of non-ortho nitro benzene ring substituents is 1. The van der Waals surface area contributed by atoms with Crippen molar-refractivity contribution in [1.82, 2.24) is 5.43 Å². The zero-order chi connectivity index (χ0) is 26.9. The molecule has 3 aromatic carbocycles. The number of amides is 1. The van der Waals surface area contributed by atoms with Crippen LogP contribution in [0.2, 0.25) is 0 Å². The van der Waals surface area contributed by atoms with Gasteiger partial charge < -0.3 is 14.2 Å². The third-order valence-corrected chi connectivity index (χ3v) is 4.78. The van der Waals surface area contributed by atoms with Gasteiger partial charge in [0.15, 0.2) is 23.9 Å². The maximum atomic E-state index is 12.4. The first-order chi connectivity index (χ1) is 17.7. The Morgan fingerprint density at radius 1 is 0.946 bits per heavy atom. The number of carbonyl (C=O) groups excluding carboxylic acids is 2. The van der Waals surface area contributed by atoms with Crippen molar-refractivity contribution in [3.05, 3.63) is 97.6 Å². The third-order valence-electron chi connectivity index (χ3n) is 4.78. The molecule has 0 radical (unpaired) electrons. The van der Waals surface area contributed by atoms with Crippen LogP contribution >= 0.6 is 0 Å². The molecule has 0 spiro atoms. The van der Waals surface area contributed by atoms with Crippen molar-refractivity contribution in [2.24, 2.45) is 5.10 Å². The first-order valence-corrected chi connectivity index (χ1v) is 10.5. The maximum absolute atomic E-state index is 12.4. The summed E-state index contributed by atoms with van der Waals surface area (Å²) in [7, 11) is 1.36. The Morgan fingerprint density at radius 3 is 2.30 bits per heavy atom. The van der Waals surface area contributed by atoms with E-state index < -0.39 is 28.3 Å². The van der Waals surface area contributed by atoms with Crippen molar-refractivity contribution in [1.29, 1.82) is 0 Å². The van der Waals surface area contributed by atoms with Crippen LogP contribution in [0.1, 0.15) is 21.5 Å². The molecule has 0 saturated heterocycles. The Kier molecular flexibility index (Phi) is 8.44. The Bertz CT molecular complexity index is 1370. The standard InChI is InChI=1S/C24H20N4O9/c1-15-3-9-20(19(11-15)28(33)34)36-14-23(29)26-25-13-16-4-10-21(22(12-16)35-2)37-24(30)17-5-7-18(8-6-17)27(31)32/h3-13H,14H2,1-2H3,(H,26,29). The molecule has 0 heterocycles. The molecule has 13 heteroatoms. The monoisotopic (exact) mass is 508 g/mol. The molecule has 0 aliphatic rings. The zero-order valence-corrected chi connectivity index (χ0v) is 19.6. The van der Waals surface area contributed by atoms with E-state index in [-0.39, 0.29) is 34.2 Å². The van der Waals surface area contributed by atoms with E-state index in [0.29, 0.717) is 11.1 Å². The predicted molar refractivity (Wildman–Crippen MR) is 130 cm³/mol. The summed E-state index contributed by atoms with van der Waals surface area (Å²) in [6.45, 7) is 1.20. The molecule has 0 aromatic heterocycles. The summed E-state index contributed by atoms with van der Waals surface area (Å²) in [5.41, 5.74) is 3.11.